The molecule has 2 aromatic carbocycles. The number of fused-ring (bicyclic) bond motifs is 1. The Kier molecular flexibility index (Phi) is 6.11. The minimum absolute atomic E-state index is 0.240. The second-order valence-corrected chi connectivity index (χ2v) is 7.33. The first-order chi connectivity index (χ1) is 15.6. The molecular weight excluding hydrogens is 410 g/mol. The number of carbonyl (C=O) groups excluding carboxylic acids is 1. The van der Waals surface area contributed by atoms with Crippen molar-refractivity contribution in [1.82, 2.24) is 9.47 Å². The maximum Gasteiger partial charge on any atom is 0.322 e. The second-order valence-electron chi connectivity index (χ2n) is 7.33. The Bertz CT molecular complexity index is 1110. The van der Waals surface area contributed by atoms with Gasteiger partial charge in [0, 0.05) is 36.6 Å². The molecule has 8 nitrogen and oxygen atoms in total. The highest BCUT2D eigenvalue weighted by atomic mass is 16.5. The molecule has 1 N–H and O–H groups in total. The lowest BCUT2D eigenvalue weighted by molar-refractivity contribution is 0.180. The molecule has 0 unspecified atom stereocenters. The van der Waals surface area contributed by atoms with Crippen molar-refractivity contribution in [2.45, 2.75) is 12.6 Å². The fraction of sp³-hybridized carbons (Fsp3) is 0.292. The van der Waals surface area contributed by atoms with Crippen LogP contribution in [0.5, 0.6) is 23.0 Å². The van der Waals surface area contributed by atoms with Crippen LogP contribution in [0.4, 0.5) is 10.5 Å². The zero-order chi connectivity index (χ0) is 22.7. The van der Waals surface area contributed by atoms with Gasteiger partial charge in [-0.1, -0.05) is 0 Å². The molecule has 3 aromatic rings. The van der Waals surface area contributed by atoms with Crippen molar-refractivity contribution in [1.29, 1.82) is 0 Å². The molecule has 0 bridgehead atoms. The van der Waals surface area contributed by atoms with Crippen LogP contribution in [-0.2, 0) is 6.54 Å². The van der Waals surface area contributed by atoms with E-state index in [1.54, 1.807) is 51.5 Å². The highest BCUT2D eigenvalue weighted by molar-refractivity contribution is 5.92. The van der Waals surface area contributed by atoms with Gasteiger partial charge < -0.3 is 33.7 Å². The van der Waals surface area contributed by atoms with Crippen LogP contribution in [0.1, 0.15) is 17.3 Å². The summed E-state index contributed by atoms with van der Waals surface area (Å²) in [5.74, 6) is 2.55. The van der Waals surface area contributed by atoms with Gasteiger partial charge in [0.2, 0.25) is 0 Å². The van der Waals surface area contributed by atoms with Crippen molar-refractivity contribution in [3.63, 3.8) is 0 Å². The number of aromatic nitrogens is 1. The molecule has 0 spiro atoms. The predicted molar refractivity (Wildman–Crippen MR) is 121 cm³/mol. The molecular formula is C24H27N3O5. The third kappa shape index (κ3) is 3.91. The van der Waals surface area contributed by atoms with E-state index >= 15 is 0 Å². The third-order valence-corrected chi connectivity index (χ3v) is 5.68. The van der Waals surface area contributed by atoms with Gasteiger partial charge in [-0.3, -0.25) is 0 Å². The highest BCUT2D eigenvalue weighted by Gasteiger charge is 2.34. The summed E-state index contributed by atoms with van der Waals surface area (Å²) < 4.78 is 23.9. The number of carbonyl (C=O) groups is 1. The molecule has 0 saturated carbocycles. The summed E-state index contributed by atoms with van der Waals surface area (Å²) in [6, 6.07) is 14.3. The molecule has 0 saturated heterocycles. The number of methoxy groups -OCH3 is 4. The van der Waals surface area contributed by atoms with Gasteiger partial charge >= 0.3 is 6.03 Å². The largest absolute Gasteiger partial charge is 0.497 e. The number of anilines is 1. The van der Waals surface area contributed by atoms with Gasteiger partial charge in [-0.05, 0) is 42.5 Å². The van der Waals surface area contributed by atoms with Crippen molar-refractivity contribution in [3.8, 4) is 23.0 Å². The predicted octanol–water partition coefficient (Wildman–Crippen LogP) is 4.16. The first-order valence-electron chi connectivity index (χ1n) is 10.3. The average molecular weight is 437 g/mol. The van der Waals surface area contributed by atoms with Crippen LogP contribution in [0, 0.1) is 0 Å². The van der Waals surface area contributed by atoms with Crippen molar-refractivity contribution in [2.24, 2.45) is 0 Å². The molecule has 8 heteroatoms. The number of hydrogen-bond donors (Lipinski definition) is 1. The quantitative estimate of drug-likeness (QED) is 0.627. The molecule has 2 amide bonds. The van der Waals surface area contributed by atoms with Crippen LogP contribution in [-0.4, -0.2) is 50.5 Å². The summed E-state index contributed by atoms with van der Waals surface area (Å²) in [5.41, 5.74) is 2.42. The molecule has 1 aliphatic heterocycles. The highest BCUT2D eigenvalue weighted by Crippen LogP contribution is 2.40. The Labute approximate surface area is 187 Å². The van der Waals surface area contributed by atoms with Crippen LogP contribution in [0.3, 0.4) is 0 Å². The zero-order valence-corrected chi connectivity index (χ0v) is 18.6. The Morgan fingerprint density at radius 3 is 2.31 bits per heavy atom. The third-order valence-electron chi connectivity index (χ3n) is 5.68. The van der Waals surface area contributed by atoms with Crippen molar-refractivity contribution in [3.05, 3.63) is 66.0 Å². The molecule has 2 heterocycles. The molecule has 0 radical (unpaired) electrons. The lowest BCUT2D eigenvalue weighted by atomic mass is 9.98. The van der Waals surface area contributed by atoms with E-state index in [0.29, 0.717) is 41.8 Å². The van der Waals surface area contributed by atoms with Gasteiger partial charge in [0.25, 0.3) is 0 Å². The van der Waals surface area contributed by atoms with Crippen molar-refractivity contribution >= 4 is 11.7 Å². The molecule has 1 aliphatic rings. The monoisotopic (exact) mass is 437 g/mol. The standard InChI is InChI=1S/C24H27N3O5/c1-29-16-8-10-21(31-3)18(14-16)23-20-6-5-11-26(20)12-13-27(23)24(28)25-19-9-7-17(30-2)15-22(19)32-4/h5-11,14-15,23H,12-13H2,1-4H3,(H,25,28)/t23-/m0/s1. The molecule has 0 aliphatic carbocycles. The maximum atomic E-state index is 13.5. The van der Waals surface area contributed by atoms with Gasteiger partial charge in [-0.2, -0.15) is 0 Å². The second kappa shape index (κ2) is 9.13. The first kappa shape index (κ1) is 21.4. The fourth-order valence-electron chi connectivity index (χ4n) is 4.07. The average Bonchev–Trinajstić information content (AvgIpc) is 3.32. The van der Waals surface area contributed by atoms with E-state index in [0.717, 1.165) is 11.3 Å². The first-order valence-corrected chi connectivity index (χ1v) is 10.3. The van der Waals surface area contributed by atoms with Crippen LogP contribution < -0.4 is 24.3 Å². The molecule has 0 fully saturated rings. The van der Waals surface area contributed by atoms with Gasteiger partial charge in [0.15, 0.2) is 0 Å². The number of benzene rings is 2. The number of nitrogens with one attached hydrogen (secondary N) is 1. The number of amides is 2. The minimum Gasteiger partial charge on any atom is -0.497 e. The number of urea groups is 1. The van der Waals surface area contributed by atoms with Crippen molar-refractivity contribution in [2.75, 3.05) is 40.3 Å². The van der Waals surface area contributed by atoms with Gasteiger partial charge in [0.05, 0.1) is 34.1 Å². The summed E-state index contributed by atoms with van der Waals surface area (Å²) in [6.07, 6.45) is 2.02. The molecule has 1 atom stereocenters. The normalized spacial score (nSPS) is 15.0. The maximum absolute atomic E-state index is 13.5. The lowest BCUT2D eigenvalue weighted by Gasteiger charge is -2.38. The van der Waals surface area contributed by atoms with E-state index in [2.05, 4.69) is 9.88 Å². The zero-order valence-electron chi connectivity index (χ0n) is 18.6. The van der Waals surface area contributed by atoms with Crippen LogP contribution >= 0.6 is 0 Å². The van der Waals surface area contributed by atoms with Gasteiger partial charge in [-0.25, -0.2) is 4.79 Å². The molecule has 4 rings (SSSR count). The van der Waals surface area contributed by atoms with Crippen LogP contribution in [0.15, 0.2) is 54.7 Å². The van der Waals surface area contributed by atoms with Gasteiger partial charge in [0.1, 0.15) is 29.0 Å². The van der Waals surface area contributed by atoms with E-state index in [-0.39, 0.29) is 12.1 Å². The van der Waals surface area contributed by atoms with E-state index in [1.807, 2.05) is 36.5 Å². The summed E-state index contributed by atoms with van der Waals surface area (Å²) in [7, 11) is 6.39. The van der Waals surface area contributed by atoms with E-state index in [4.69, 9.17) is 18.9 Å². The van der Waals surface area contributed by atoms with Gasteiger partial charge in [-0.15, -0.1) is 0 Å². The SMILES string of the molecule is COc1ccc(NC(=O)N2CCn3cccc3[C@@H]2c2cc(OC)ccc2OC)c(OC)c1. The summed E-state index contributed by atoms with van der Waals surface area (Å²) >= 11 is 0. The minimum atomic E-state index is -0.354. The topological polar surface area (TPSA) is 74.2 Å². The Balaban J connectivity index is 1.73. The summed E-state index contributed by atoms with van der Waals surface area (Å²) in [6.45, 7) is 1.22. The smallest absolute Gasteiger partial charge is 0.322 e. The molecule has 32 heavy (non-hydrogen) atoms. The number of rotatable bonds is 6. The van der Waals surface area contributed by atoms with Crippen LogP contribution in [0.2, 0.25) is 0 Å². The summed E-state index contributed by atoms with van der Waals surface area (Å²) in [5, 5.41) is 3.00. The van der Waals surface area contributed by atoms with E-state index < -0.39 is 0 Å². The molecule has 1 aromatic heterocycles. The lowest BCUT2D eigenvalue weighted by Crippen LogP contribution is -2.44. The Morgan fingerprint density at radius 1 is 0.875 bits per heavy atom. The van der Waals surface area contributed by atoms with E-state index in [1.165, 1.54) is 0 Å². The van der Waals surface area contributed by atoms with E-state index in [9.17, 15) is 4.79 Å². The number of nitrogens with zero attached hydrogens (tertiary/aromatic N) is 2. The Hall–Kier alpha value is -3.81. The number of hydrogen-bond acceptors (Lipinski definition) is 5. The molecule has 168 valence electrons. The van der Waals surface area contributed by atoms with Crippen LogP contribution in [0.25, 0.3) is 0 Å². The van der Waals surface area contributed by atoms with Crippen molar-refractivity contribution < 1.29 is 23.7 Å². The number of ether oxygens (including phenoxy) is 4. The fourth-order valence-corrected chi connectivity index (χ4v) is 4.07. The Morgan fingerprint density at radius 2 is 1.59 bits per heavy atom. The summed E-state index contributed by atoms with van der Waals surface area (Å²) in [4.78, 5) is 15.3.